The van der Waals surface area contributed by atoms with Gasteiger partial charge in [-0.25, -0.2) is 0 Å². The maximum absolute atomic E-state index is 9.59. The molecule has 0 saturated heterocycles. The Bertz CT molecular complexity index is 235. The Labute approximate surface area is 108 Å². The fourth-order valence-electron chi connectivity index (χ4n) is 2.28. The molecule has 1 aliphatic rings. The number of rotatable bonds is 3. The largest absolute Gasteiger partial charge is 0.414 e. The van der Waals surface area contributed by atoms with Crippen LogP contribution < -0.4 is 0 Å². The Morgan fingerprint density at radius 2 is 1.59 bits per heavy atom. The Morgan fingerprint density at radius 1 is 1.12 bits per heavy atom. The summed E-state index contributed by atoms with van der Waals surface area (Å²) in [6, 6.07) is 0. The molecule has 1 fully saturated rings. The highest BCUT2D eigenvalue weighted by molar-refractivity contribution is 6.74. The van der Waals surface area contributed by atoms with E-state index in [2.05, 4.69) is 33.9 Å². The third-order valence-electron chi connectivity index (χ3n) is 4.67. The zero-order chi connectivity index (χ0) is 13.3. The lowest BCUT2D eigenvalue weighted by molar-refractivity contribution is 0.0557. The molecule has 102 valence electrons. The van der Waals surface area contributed by atoms with Crippen LogP contribution in [0.5, 0.6) is 0 Å². The summed E-state index contributed by atoms with van der Waals surface area (Å²) in [5, 5.41) is 9.89. The molecule has 2 nitrogen and oxygen atoms in total. The van der Waals surface area contributed by atoms with E-state index in [4.69, 9.17) is 4.43 Å². The predicted molar refractivity (Wildman–Crippen MR) is 75.7 cm³/mol. The molecule has 1 atom stereocenters. The molecule has 0 heterocycles. The van der Waals surface area contributed by atoms with Crippen molar-refractivity contribution in [2.45, 2.75) is 83.7 Å². The van der Waals surface area contributed by atoms with Crippen LogP contribution in [0.25, 0.3) is 0 Å². The van der Waals surface area contributed by atoms with Gasteiger partial charge in [-0.05, 0) is 56.7 Å². The van der Waals surface area contributed by atoms with Gasteiger partial charge >= 0.3 is 0 Å². The van der Waals surface area contributed by atoms with Crippen molar-refractivity contribution in [2.24, 2.45) is 5.92 Å². The summed E-state index contributed by atoms with van der Waals surface area (Å²) in [6.07, 6.45) is 4.78. The first kappa shape index (κ1) is 15.2. The molecule has 0 bridgehead atoms. The van der Waals surface area contributed by atoms with E-state index >= 15 is 0 Å². The summed E-state index contributed by atoms with van der Waals surface area (Å²) in [7, 11) is -1.60. The van der Waals surface area contributed by atoms with Gasteiger partial charge in [0.1, 0.15) is 0 Å². The van der Waals surface area contributed by atoms with Crippen LogP contribution in [0.2, 0.25) is 18.1 Å². The van der Waals surface area contributed by atoms with Crippen LogP contribution in [-0.2, 0) is 4.43 Å². The third kappa shape index (κ3) is 4.07. The van der Waals surface area contributed by atoms with E-state index in [1.54, 1.807) is 0 Å². The molecule has 0 aromatic heterocycles. The van der Waals surface area contributed by atoms with E-state index in [-0.39, 0.29) is 6.10 Å². The van der Waals surface area contributed by atoms with Crippen LogP contribution in [0, 0.1) is 5.92 Å². The summed E-state index contributed by atoms with van der Waals surface area (Å²) in [5.41, 5.74) is 0. The Hall–Kier alpha value is 0.137. The van der Waals surface area contributed by atoms with Crippen molar-refractivity contribution >= 4 is 8.32 Å². The first-order valence-corrected chi connectivity index (χ1v) is 9.90. The molecule has 17 heavy (non-hydrogen) atoms. The molecular formula is C14H30O2Si. The first-order chi connectivity index (χ1) is 7.63. The van der Waals surface area contributed by atoms with E-state index < -0.39 is 8.32 Å². The first-order valence-electron chi connectivity index (χ1n) is 6.99. The fourth-order valence-corrected chi connectivity index (χ4v) is 3.70. The zero-order valence-corrected chi connectivity index (χ0v) is 13.4. The van der Waals surface area contributed by atoms with Gasteiger partial charge in [0.15, 0.2) is 8.32 Å². The topological polar surface area (TPSA) is 29.5 Å². The van der Waals surface area contributed by atoms with E-state index in [0.29, 0.717) is 17.1 Å². The lowest BCUT2D eigenvalue weighted by Gasteiger charge is -2.41. The van der Waals surface area contributed by atoms with Crippen LogP contribution in [0.15, 0.2) is 0 Å². The Morgan fingerprint density at radius 3 is 1.94 bits per heavy atom. The van der Waals surface area contributed by atoms with Gasteiger partial charge in [0, 0.05) is 6.10 Å². The smallest absolute Gasteiger partial charge is 0.192 e. The molecule has 0 aliphatic heterocycles. The maximum Gasteiger partial charge on any atom is 0.192 e. The van der Waals surface area contributed by atoms with Crippen molar-refractivity contribution in [3.63, 3.8) is 0 Å². The molecular weight excluding hydrogens is 228 g/mol. The monoisotopic (exact) mass is 258 g/mol. The third-order valence-corrected chi connectivity index (χ3v) is 9.20. The van der Waals surface area contributed by atoms with Crippen molar-refractivity contribution in [1.82, 2.24) is 0 Å². The average Bonchev–Trinajstić information content (AvgIpc) is 2.16. The summed E-state index contributed by atoms with van der Waals surface area (Å²) < 4.78 is 6.43. The maximum atomic E-state index is 9.59. The summed E-state index contributed by atoms with van der Waals surface area (Å²) in [4.78, 5) is 0. The minimum absolute atomic E-state index is 0.149. The Balaban J connectivity index is 2.46. The number of hydrogen-bond acceptors (Lipinski definition) is 2. The van der Waals surface area contributed by atoms with Gasteiger partial charge < -0.3 is 9.53 Å². The minimum atomic E-state index is -1.60. The summed E-state index contributed by atoms with van der Waals surface area (Å²) in [5.74, 6) is 0.495. The Kier molecular flexibility index (Phi) is 4.84. The lowest BCUT2D eigenvalue weighted by atomic mass is 9.84. The molecule has 0 aromatic carbocycles. The molecule has 0 spiro atoms. The van der Waals surface area contributed by atoms with Crippen molar-refractivity contribution in [2.75, 3.05) is 0 Å². The summed E-state index contributed by atoms with van der Waals surface area (Å²) in [6.45, 7) is 13.4. The molecule has 1 rings (SSSR count). The second-order valence-electron chi connectivity index (χ2n) is 7.16. The normalized spacial score (nSPS) is 29.1. The second kappa shape index (κ2) is 5.41. The van der Waals surface area contributed by atoms with Crippen LogP contribution >= 0.6 is 0 Å². The van der Waals surface area contributed by atoms with Gasteiger partial charge in [0.25, 0.3) is 0 Å². The van der Waals surface area contributed by atoms with Gasteiger partial charge in [-0.3, -0.25) is 0 Å². The fraction of sp³-hybridized carbons (Fsp3) is 1.00. The van der Waals surface area contributed by atoms with Crippen LogP contribution in [0.3, 0.4) is 0 Å². The number of hydrogen-bond donors (Lipinski definition) is 1. The van der Waals surface area contributed by atoms with Crippen LogP contribution in [-0.4, -0.2) is 25.6 Å². The van der Waals surface area contributed by atoms with Gasteiger partial charge in [-0.15, -0.1) is 0 Å². The zero-order valence-electron chi connectivity index (χ0n) is 12.4. The van der Waals surface area contributed by atoms with Gasteiger partial charge in [0.05, 0.1) is 6.10 Å². The van der Waals surface area contributed by atoms with Crippen molar-refractivity contribution in [3.05, 3.63) is 0 Å². The van der Waals surface area contributed by atoms with Crippen LogP contribution in [0.4, 0.5) is 0 Å². The molecule has 1 aliphatic carbocycles. The molecule has 1 unspecified atom stereocenters. The second-order valence-corrected chi connectivity index (χ2v) is 11.9. The van der Waals surface area contributed by atoms with Gasteiger partial charge in [-0.1, -0.05) is 20.8 Å². The van der Waals surface area contributed by atoms with Gasteiger partial charge in [-0.2, -0.15) is 0 Å². The predicted octanol–water partition coefficient (Wildman–Crippen LogP) is 3.95. The average molecular weight is 258 g/mol. The van der Waals surface area contributed by atoms with Crippen molar-refractivity contribution < 1.29 is 9.53 Å². The van der Waals surface area contributed by atoms with E-state index in [1.165, 1.54) is 0 Å². The SMILES string of the molecule is CC(O)C1CCC(O[Si](C)(C)C(C)(C)C)CC1. The minimum Gasteiger partial charge on any atom is -0.414 e. The highest BCUT2D eigenvalue weighted by Crippen LogP contribution is 2.39. The number of aliphatic hydroxyl groups excluding tert-OH is 1. The highest BCUT2D eigenvalue weighted by Gasteiger charge is 2.39. The molecule has 0 amide bonds. The molecule has 1 N–H and O–H groups in total. The standard InChI is InChI=1S/C14H30O2Si/c1-11(15)12-7-9-13(10-8-12)16-17(5,6)14(2,3)4/h11-13,15H,7-10H2,1-6H3. The molecule has 3 heteroatoms. The summed E-state index contributed by atoms with van der Waals surface area (Å²) >= 11 is 0. The van der Waals surface area contributed by atoms with Crippen LogP contribution in [0.1, 0.15) is 53.4 Å². The molecule has 0 radical (unpaired) electrons. The molecule has 1 saturated carbocycles. The van der Waals surface area contributed by atoms with E-state index in [1.807, 2.05) is 6.92 Å². The van der Waals surface area contributed by atoms with Crippen molar-refractivity contribution in [1.29, 1.82) is 0 Å². The highest BCUT2D eigenvalue weighted by atomic mass is 28.4. The van der Waals surface area contributed by atoms with Crippen molar-refractivity contribution in [3.8, 4) is 0 Å². The molecule has 0 aromatic rings. The van der Waals surface area contributed by atoms with E-state index in [9.17, 15) is 5.11 Å². The van der Waals surface area contributed by atoms with E-state index in [0.717, 1.165) is 25.7 Å². The number of aliphatic hydroxyl groups is 1. The quantitative estimate of drug-likeness (QED) is 0.777. The lowest BCUT2D eigenvalue weighted by Crippen LogP contribution is -2.45. The van der Waals surface area contributed by atoms with Gasteiger partial charge in [0.2, 0.25) is 0 Å².